The summed E-state index contributed by atoms with van der Waals surface area (Å²) in [7, 11) is 0. The molecule has 14 heavy (non-hydrogen) atoms. The third-order valence-corrected chi connectivity index (χ3v) is 2.78. The van der Waals surface area contributed by atoms with Gasteiger partial charge in [0.2, 0.25) is 0 Å². The van der Waals surface area contributed by atoms with Crippen LogP contribution in [0.5, 0.6) is 5.75 Å². The lowest BCUT2D eigenvalue weighted by atomic mass is 10.1. The largest absolute Gasteiger partial charge is 0.508 e. The van der Waals surface area contributed by atoms with Gasteiger partial charge in [-0.15, -0.1) is 0 Å². The Labute approximate surface area is 93.5 Å². The normalized spacial score (nSPS) is 10.6. The van der Waals surface area contributed by atoms with E-state index >= 15 is 0 Å². The zero-order valence-electron chi connectivity index (χ0n) is 7.16. The summed E-state index contributed by atoms with van der Waals surface area (Å²) in [6.45, 7) is 0. The van der Waals surface area contributed by atoms with Crippen molar-refractivity contribution in [1.29, 1.82) is 0 Å². The first-order chi connectivity index (χ1) is 6.70. The number of halogens is 1. The third kappa shape index (κ3) is 1.61. The Morgan fingerprint density at radius 3 is 2.86 bits per heavy atom. The molecular formula is C10H7IO3. The van der Waals surface area contributed by atoms with E-state index in [4.69, 9.17) is 4.42 Å². The summed E-state index contributed by atoms with van der Waals surface area (Å²) in [6, 6.07) is 6.26. The summed E-state index contributed by atoms with van der Waals surface area (Å²) in [5.74, 6) is 0.103. The number of hydrogen-bond acceptors (Lipinski definition) is 3. The van der Waals surface area contributed by atoms with Gasteiger partial charge in [-0.25, -0.2) is 4.79 Å². The van der Waals surface area contributed by atoms with Gasteiger partial charge in [0.05, 0.1) is 0 Å². The predicted molar refractivity (Wildman–Crippen MR) is 61.9 cm³/mol. The second-order valence-corrected chi connectivity index (χ2v) is 3.67. The zero-order chi connectivity index (χ0) is 10.1. The molecule has 0 aliphatic carbocycles. The highest BCUT2D eigenvalue weighted by Crippen LogP contribution is 2.22. The summed E-state index contributed by atoms with van der Waals surface area (Å²) in [5, 5.41) is 10.1. The van der Waals surface area contributed by atoms with Crippen LogP contribution in [0.3, 0.4) is 0 Å². The fourth-order valence-electron chi connectivity index (χ4n) is 1.33. The maximum atomic E-state index is 11.1. The van der Waals surface area contributed by atoms with Crippen molar-refractivity contribution in [3.8, 4) is 5.75 Å². The van der Waals surface area contributed by atoms with E-state index in [1.54, 1.807) is 12.1 Å². The molecule has 0 radical (unpaired) electrons. The smallest absolute Gasteiger partial charge is 0.336 e. The molecule has 0 fully saturated rings. The van der Waals surface area contributed by atoms with Crippen molar-refractivity contribution >= 4 is 33.6 Å². The number of phenolic OH excluding ortho intramolecular Hbond substituents is 1. The Kier molecular flexibility index (Phi) is 2.45. The van der Waals surface area contributed by atoms with Gasteiger partial charge in [-0.05, 0) is 17.7 Å². The number of benzene rings is 1. The van der Waals surface area contributed by atoms with E-state index in [1.165, 1.54) is 12.1 Å². The van der Waals surface area contributed by atoms with Crippen molar-refractivity contribution in [2.45, 2.75) is 4.43 Å². The van der Waals surface area contributed by atoms with Crippen molar-refractivity contribution in [2.24, 2.45) is 0 Å². The van der Waals surface area contributed by atoms with Gasteiger partial charge in [-0.3, -0.25) is 0 Å². The second kappa shape index (κ2) is 3.61. The molecule has 1 aromatic heterocycles. The molecule has 0 unspecified atom stereocenters. The second-order valence-electron chi connectivity index (χ2n) is 2.90. The number of hydrogen-bond donors (Lipinski definition) is 1. The molecule has 1 heterocycles. The van der Waals surface area contributed by atoms with Crippen LogP contribution < -0.4 is 5.63 Å². The van der Waals surface area contributed by atoms with Gasteiger partial charge in [0.1, 0.15) is 11.3 Å². The molecule has 3 nitrogen and oxygen atoms in total. The fraction of sp³-hybridized carbons (Fsp3) is 0.100. The third-order valence-electron chi connectivity index (χ3n) is 1.96. The minimum absolute atomic E-state index is 0.103. The Morgan fingerprint density at radius 2 is 2.14 bits per heavy atom. The van der Waals surface area contributed by atoms with Crippen LogP contribution in [0.1, 0.15) is 5.56 Å². The lowest BCUT2D eigenvalue weighted by molar-refractivity contribution is 0.473. The predicted octanol–water partition coefficient (Wildman–Crippen LogP) is 2.43. The first-order valence-corrected chi connectivity index (χ1v) is 5.55. The number of alkyl halides is 1. The lowest BCUT2D eigenvalue weighted by Gasteiger charge is -2.01. The first kappa shape index (κ1) is 9.51. The molecule has 0 amide bonds. The molecule has 0 saturated heterocycles. The molecule has 1 N–H and O–H groups in total. The van der Waals surface area contributed by atoms with Gasteiger partial charge in [0.25, 0.3) is 0 Å². The van der Waals surface area contributed by atoms with E-state index in [2.05, 4.69) is 22.6 Å². The van der Waals surface area contributed by atoms with Crippen molar-refractivity contribution in [2.75, 3.05) is 0 Å². The van der Waals surface area contributed by atoms with Gasteiger partial charge in [-0.1, -0.05) is 22.6 Å². The molecule has 0 saturated carbocycles. The van der Waals surface area contributed by atoms with Crippen molar-refractivity contribution in [3.05, 3.63) is 40.2 Å². The number of rotatable bonds is 1. The molecule has 4 heteroatoms. The van der Waals surface area contributed by atoms with Crippen molar-refractivity contribution in [3.63, 3.8) is 0 Å². The Hall–Kier alpha value is -1.04. The van der Waals surface area contributed by atoms with Gasteiger partial charge in [0.15, 0.2) is 0 Å². The Bertz CT molecular complexity index is 530. The van der Waals surface area contributed by atoms with Crippen LogP contribution in [0.2, 0.25) is 0 Å². The van der Waals surface area contributed by atoms with E-state index in [1.807, 2.05) is 0 Å². The quantitative estimate of drug-likeness (QED) is 0.500. The minimum atomic E-state index is -0.380. The van der Waals surface area contributed by atoms with Crippen LogP contribution in [0.15, 0.2) is 33.5 Å². The maximum absolute atomic E-state index is 11.1. The van der Waals surface area contributed by atoms with Gasteiger partial charge < -0.3 is 9.52 Å². The van der Waals surface area contributed by atoms with Gasteiger partial charge in [0, 0.05) is 21.9 Å². The van der Waals surface area contributed by atoms with E-state index in [-0.39, 0.29) is 11.4 Å². The van der Waals surface area contributed by atoms with Crippen LogP contribution in [0.25, 0.3) is 11.0 Å². The molecule has 0 atom stereocenters. The first-order valence-electron chi connectivity index (χ1n) is 4.02. The highest BCUT2D eigenvalue weighted by Gasteiger charge is 2.04. The van der Waals surface area contributed by atoms with E-state index in [0.717, 1.165) is 15.4 Å². The molecule has 1 aromatic carbocycles. The fourth-order valence-corrected chi connectivity index (χ4v) is 1.96. The molecule has 0 spiro atoms. The number of fused-ring (bicyclic) bond motifs is 1. The molecule has 2 aromatic rings. The highest BCUT2D eigenvalue weighted by atomic mass is 127. The van der Waals surface area contributed by atoms with Crippen LogP contribution in [0, 0.1) is 0 Å². The molecular weight excluding hydrogens is 295 g/mol. The summed E-state index contributed by atoms with van der Waals surface area (Å²) in [4.78, 5) is 11.1. The van der Waals surface area contributed by atoms with E-state index in [9.17, 15) is 9.90 Å². The average molecular weight is 302 g/mol. The molecule has 0 bridgehead atoms. The summed E-state index contributed by atoms with van der Waals surface area (Å²) < 4.78 is 5.71. The molecule has 0 aliphatic rings. The van der Waals surface area contributed by atoms with Crippen LogP contribution in [-0.2, 0) is 4.43 Å². The van der Waals surface area contributed by atoms with Gasteiger partial charge >= 0.3 is 5.63 Å². The van der Waals surface area contributed by atoms with Crippen LogP contribution in [-0.4, -0.2) is 5.11 Å². The SMILES string of the molecule is O=c1cc(CI)c2ccc(O)cc2o1. The van der Waals surface area contributed by atoms with Crippen molar-refractivity contribution < 1.29 is 9.52 Å². The van der Waals surface area contributed by atoms with Crippen LogP contribution in [0.4, 0.5) is 0 Å². The monoisotopic (exact) mass is 302 g/mol. The lowest BCUT2D eigenvalue weighted by Crippen LogP contribution is -1.98. The summed E-state index contributed by atoms with van der Waals surface area (Å²) in [6.07, 6.45) is 0. The molecule has 0 aliphatic heterocycles. The standard InChI is InChI=1S/C10H7IO3/c11-5-6-3-10(13)14-9-4-7(12)1-2-8(6)9/h1-4,12H,5H2. The average Bonchev–Trinajstić information content (AvgIpc) is 2.15. The zero-order valence-corrected chi connectivity index (χ0v) is 9.32. The topological polar surface area (TPSA) is 50.4 Å². The Morgan fingerprint density at radius 1 is 1.36 bits per heavy atom. The van der Waals surface area contributed by atoms with E-state index < -0.39 is 0 Å². The van der Waals surface area contributed by atoms with Crippen molar-refractivity contribution in [1.82, 2.24) is 0 Å². The minimum Gasteiger partial charge on any atom is -0.508 e. The highest BCUT2D eigenvalue weighted by molar-refractivity contribution is 14.1. The number of phenols is 1. The van der Waals surface area contributed by atoms with Crippen LogP contribution >= 0.6 is 22.6 Å². The molecule has 2 rings (SSSR count). The van der Waals surface area contributed by atoms with E-state index in [0.29, 0.717) is 5.58 Å². The van der Waals surface area contributed by atoms with Gasteiger partial charge in [-0.2, -0.15) is 0 Å². The molecule has 72 valence electrons. The summed E-state index contributed by atoms with van der Waals surface area (Å²) in [5.41, 5.74) is 0.982. The summed E-state index contributed by atoms with van der Waals surface area (Å²) >= 11 is 2.18. The Balaban J connectivity index is 2.87. The maximum Gasteiger partial charge on any atom is 0.336 e. The number of aromatic hydroxyl groups is 1.